The fraction of sp³-hybridized carbons (Fsp3) is 0.143. The van der Waals surface area contributed by atoms with Gasteiger partial charge in [0.1, 0.15) is 18.3 Å². The van der Waals surface area contributed by atoms with Gasteiger partial charge in [-0.25, -0.2) is 0 Å². The van der Waals surface area contributed by atoms with Crippen LogP contribution in [0.4, 0.5) is 11.4 Å². The van der Waals surface area contributed by atoms with Crippen molar-refractivity contribution in [2.45, 2.75) is 19.9 Å². The van der Waals surface area contributed by atoms with Crippen LogP contribution in [0, 0.1) is 18.3 Å². The van der Waals surface area contributed by atoms with Gasteiger partial charge in [-0.05, 0) is 42.8 Å². The molecular formula is C21H19ClN4O. The van der Waals surface area contributed by atoms with E-state index in [1.165, 1.54) is 0 Å². The third-order valence-corrected chi connectivity index (χ3v) is 4.49. The van der Waals surface area contributed by atoms with Gasteiger partial charge in [-0.2, -0.15) is 5.26 Å². The molecule has 2 aromatic carbocycles. The summed E-state index contributed by atoms with van der Waals surface area (Å²) < 4.78 is 1.67. The van der Waals surface area contributed by atoms with Crippen LogP contribution < -0.4 is 11.1 Å². The van der Waals surface area contributed by atoms with E-state index in [1.807, 2.05) is 25.1 Å². The number of nitrogens with one attached hydrogen (secondary N) is 1. The molecule has 136 valence electrons. The molecule has 0 fully saturated rings. The van der Waals surface area contributed by atoms with Gasteiger partial charge in [0.05, 0.1) is 5.69 Å². The number of hydrogen-bond acceptors (Lipinski definition) is 3. The maximum atomic E-state index is 12.5. The SMILES string of the molecule is Cc1cccc(Cc2c(N)cc(C#N)n2CC(=O)Nc2ccc(Cl)cc2)c1. The molecule has 6 heteroatoms. The zero-order chi connectivity index (χ0) is 19.4. The molecule has 0 atom stereocenters. The second kappa shape index (κ2) is 7.98. The van der Waals surface area contributed by atoms with E-state index in [0.29, 0.717) is 28.5 Å². The Labute approximate surface area is 163 Å². The average molecular weight is 379 g/mol. The monoisotopic (exact) mass is 378 g/mol. The molecule has 27 heavy (non-hydrogen) atoms. The summed E-state index contributed by atoms with van der Waals surface area (Å²) in [5.74, 6) is -0.241. The molecule has 5 nitrogen and oxygen atoms in total. The molecule has 0 saturated carbocycles. The number of halogens is 1. The molecule has 3 aromatic rings. The zero-order valence-corrected chi connectivity index (χ0v) is 15.6. The van der Waals surface area contributed by atoms with Crippen LogP contribution in [0.1, 0.15) is 22.5 Å². The Morgan fingerprint density at radius 3 is 2.63 bits per heavy atom. The van der Waals surface area contributed by atoms with Crippen molar-refractivity contribution in [2.75, 3.05) is 11.1 Å². The maximum Gasteiger partial charge on any atom is 0.244 e. The quantitative estimate of drug-likeness (QED) is 0.700. The largest absolute Gasteiger partial charge is 0.397 e. The fourth-order valence-corrected chi connectivity index (χ4v) is 3.10. The Hall–Kier alpha value is -3.23. The lowest BCUT2D eigenvalue weighted by Gasteiger charge is -2.12. The number of nitrogens with two attached hydrogens (primary N) is 1. The van der Waals surface area contributed by atoms with Crippen LogP contribution in [0.5, 0.6) is 0 Å². The summed E-state index contributed by atoms with van der Waals surface area (Å²) in [7, 11) is 0. The average Bonchev–Trinajstić information content (AvgIpc) is 2.92. The summed E-state index contributed by atoms with van der Waals surface area (Å²) in [6.07, 6.45) is 0.545. The van der Waals surface area contributed by atoms with E-state index in [-0.39, 0.29) is 12.5 Å². The van der Waals surface area contributed by atoms with Crippen LogP contribution in [0.15, 0.2) is 54.6 Å². The second-order valence-corrected chi connectivity index (χ2v) is 6.79. The van der Waals surface area contributed by atoms with Gasteiger partial charge in [-0.1, -0.05) is 41.4 Å². The van der Waals surface area contributed by atoms with Crippen molar-refractivity contribution in [2.24, 2.45) is 0 Å². The van der Waals surface area contributed by atoms with Crippen molar-refractivity contribution in [1.82, 2.24) is 4.57 Å². The number of rotatable bonds is 5. The summed E-state index contributed by atoms with van der Waals surface area (Å²) in [5.41, 5.74) is 10.6. The molecule has 1 aromatic heterocycles. The van der Waals surface area contributed by atoms with Crippen molar-refractivity contribution in [3.63, 3.8) is 0 Å². The van der Waals surface area contributed by atoms with Crippen LogP contribution in [0.2, 0.25) is 5.02 Å². The van der Waals surface area contributed by atoms with Crippen molar-refractivity contribution in [1.29, 1.82) is 5.26 Å². The van der Waals surface area contributed by atoms with E-state index >= 15 is 0 Å². The standard InChI is InChI=1S/C21H19ClN4O/c1-14-3-2-4-15(9-14)10-20-19(24)11-18(12-23)26(20)13-21(27)25-17-7-5-16(22)6-8-17/h2-9,11H,10,13,24H2,1H3,(H,25,27). The minimum absolute atomic E-state index is 0.00384. The first-order valence-corrected chi connectivity index (χ1v) is 8.83. The van der Waals surface area contributed by atoms with Crippen molar-refractivity contribution < 1.29 is 4.79 Å². The molecule has 0 saturated heterocycles. The van der Waals surface area contributed by atoms with Gasteiger partial charge in [0.15, 0.2) is 0 Å². The van der Waals surface area contributed by atoms with E-state index in [1.54, 1.807) is 34.9 Å². The molecule has 0 aliphatic carbocycles. The minimum atomic E-state index is -0.241. The molecule has 0 aliphatic rings. The minimum Gasteiger partial charge on any atom is -0.397 e. The van der Waals surface area contributed by atoms with Gasteiger partial charge < -0.3 is 15.6 Å². The van der Waals surface area contributed by atoms with E-state index < -0.39 is 0 Å². The number of amides is 1. The lowest BCUT2D eigenvalue weighted by Crippen LogP contribution is -2.21. The fourth-order valence-electron chi connectivity index (χ4n) is 2.97. The van der Waals surface area contributed by atoms with Crippen LogP contribution in [0.3, 0.4) is 0 Å². The van der Waals surface area contributed by atoms with Crippen LogP contribution in [-0.4, -0.2) is 10.5 Å². The second-order valence-electron chi connectivity index (χ2n) is 6.35. The van der Waals surface area contributed by atoms with Crippen LogP contribution in [-0.2, 0) is 17.8 Å². The number of aryl methyl sites for hydroxylation is 1. The zero-order valence-electron chi connectivity index (χ0n) is 14.9. The highest BCUT2D eigenvalue weighted by Gasteiger charge is 2.16. The Balaban J connectivity index is 1.84. The van der Waals surface area contributed by atoms with Crippen molar-refractivity contribution in [3.8, 4) is 6.07 Å². The number of hydrogen-bond donors (Lipinski definition) is 2. The number of carbonyl (C=O) groups excluding carboxylic acids is 1. The number of anilines is 2. The molecule has 0 spiro atoms. The number of nitrogen functional groups attached to an aromatic ring is 1. The lowest BCUT2D eigenvalue weighted by atomic mass is 10.1. The van der Waals surface area contributed by atoms with Gasteiger partial charge in [0.25, 0.3) is 0 Å². The van der Waals surface area contributed by atoms with Gasteiger partial charge >= 0.3 is 0 Å². The summed E-state index contributed by atoms with van der Waals surface area (Å²) in [6.45, 7) is 2.02. The third-order valence-electron chi connectivity index (χ3n) is 4.24. The first-order chi connectivity index (χ1) is 13.0. The highest BCUT2D eigenvalue weighted by atomic mass is 35.5. The normalized spacial score (nSPS) is 10.4. The molecule has 1 amide bonds. The van der Waals surface area contributed by atoms with Gasteiger partial charge in [0.2, 0.25) is 5.91 Å². The summed E-state index contributed by atoms with van der Waals surface area (Å²) >= 11 is 5.86. The lowest BCUT2D eigenvalue weighted by molar-refractivity contribution is -0.116. The van der Waals surface area contributed by atoms with Gasteiger partial charge in [-0.15, -0.1) is 0 Å². The number of nitrogens with zero attached hydrogens (tertiary/aromatic N) is 2. The Bertz CT molecular complexity index is 1020. The van der Waals surface area contributed by atoms with Crippen LogP contribution >= 0.6 is 11.6 Å². The van der Waals surface area contributed by atoms with Crippen LogP contribution in [0.25, 0.3) is 0 Å². The molecule has 0 unspecified atom stereocenters. The number of aromatic nitrogens is 1. The molecule has 0 bridgehead atoms. The third kappa shape index (κ3) is 4.49. The van der Waals surface area contributed by atoms with E-state index in [4.69, 9.17) is 17.3 Å². The van der Waals surface area contributed by atoms with E-state index in [0.717, 1.165) is 16.8 Å². The highest BCUT2D eigenvalue weighted by molar-refractivity contribution is 6.30. The highest BCUT2D eigenvalue weighted by Crippen LogP contribution is 2.22. The Morgan fingerprint density at radius 1 is 1.22 bits per heavy atom. The molecule has 3 rings (SSSR count). The summed E-state index contributed by atoms with van der Waals surface area (Å²) in [5, 5.41) is 12.8. The predicted octanol–water partition coefficient (Wildman–Crippen LogP) is 4.13. The van der Waals surface area contributed by atoms with E-state index in [9.17, 15) is 10.1 Å². The maximum absolute atomic E-state index is 12.5. The first-order valence-electron chi connectivity index (χ1n) is 8.45. The molecule has 0 aliphatic heterocycles. The molecular weight excluding hydrogens is 360 g/mol. The van der Waals surface area contributed by atoms with Gasteiger partial charge in [-0.3, -0.25) is 4.79 Å². The number of benzene rings is 2. The Kier molecular flexibility index (Phi) is 5.49. The summed E-state index contributed by atoms with van der Waals surface area (Å²) in [4.78, 5) is 12.5. The molecule has 0 radical (unpaired) electrons. The molecule has 3 N–H and O–H groups in total. The first kappa shape index (κ1) is 18.6. The number of carbonyl (C=O) groups is 1. The Morgan fingerprint density at radius 2 is 1.96 bits per heavy atom. The molecule has 1 heterocycles. The topological polar surface area (TPSA) is 83.8 Å². The van der Waals surface area contributed by atoms with Gasteiger partial charge in [0, 0.05) is 22.8 Å². The predicted molar refractivity (Wildman–Crippen MR) is 108 cm³/mol. The van der Waals surface area contributed by atoms with Crippen molar-refractivity contribution >= 4 is 28.9 Å². The summed E-state index contributed by atoms with van der Waals surface area (Å²) in [6, 6.07) is 18.7. The van der Waals surface area contributed by atoms with E-state index in [2.05, 4.69) is 17.5 Å². The number of nitriles is 1. The van der Waals surface area contributed by atoms with Crippen molar-refractivity contribution in [3.05, 3.63) is 82.1 Å². The smallest absolute Gasteiger partial charge is 0.244 e.